The maximum absolute atomic E-state index is 14.9. The van der Waals surface area contributed by atoms with Gasteiger partial charge in [0, 0.05) is 69.5 Å². The van der Waals surface area contributed by atoms with E-state index in [0.29, 0.717) is 83.1 Å². The number of halogens is 1. The Bertz CT molecular complexity index is 2280. The summed E-state index contributed by atoms with van der Waals surface area (Å²) in [6.45, 7) is 7.32. The fourth-order valence-corrected chi connectivity index (χ4v) is 8.33. The Kier molecular flexibility index (Phi) is 8.23. The Morgan fingerprint density at radius 2 is 1.96 bits per heavy atom. The van der Waals surface area contributed by atoms with E-state index in [1.165, 1.54) is 11.0 Å². The maximum atomic E-state index is 14.9. The van der Waals surface area contributed by atoms with Crippen LogP contribution in [0, 0.1) is 35.4 Å². The molecule has 2 saturated heterocycles. The zero-order valence-corrected chi connectivity index (χ0v) is 30.0. The van der Waals surface area contributed by atoms with Gasteiger partial charge in [-0.05, 0) is 54.5 Å². The lowest BCUT2D eigenvalue weighted by Gasteiger charge is -2.25. The molecule has 2 aromatic carbocycles. The van der Waals surface area contributed by atoms with Gasteiger partial charge in [-0.3, -0.25) is 9.48 Å². The predicted octanol–water partition coefficient (Wildman–Crippen LogP) is 3.90. The van der Waals surface area contributed by atoms with Gasteiger partial charge in [0.2, 0.25) is 11.8 Å². The zero-order valence-electron chi connectivity index (χ0n) is 30.0. The zero-order chi connectivity index (χ0) is 36.4. The lowest BCUT2D eigenvalue weighted by Crippen LogP contribution is -2.33. The number of aromatic nitrogens is 6. The number of imidazole rings is 1. The number of anilines is 1. The second-order valence-corrected chi connectivity index (χ2v) is 15.4. The van der Waals surface area contributed by atoms with Crippen molar-refractivity contribution in [3.05, 3.63) is 65.0 Å². The van der Waals surface area contributed by atoms with Gasteiger partial charge in [0.25, 0.3) is 5.91 Å². The molecule has 5 aromatic rings. The van der Waals surface area contributed by atoms with Crippen molar-refractivity contribution < 1.29 is 23.8 Å². The topological polar surface area (TPSA) is 127 Å². The summed E-state index contributed by atoms with van der Waals surface area (Å²) in [6, 6.07) is 7.95. The van der Waals surface area contributed by atoms with Gasteiger partial charge in [0.05, 0.1) is 50.5 Å². The van der Waals surface area contributed by atoms with Crippen molar-refractivity contribution in [1.29, 1.82) is 0 Å². The highest BCUT2D eigenvalue weighted by Gasteiger charge is 2.48. The van der Waals surface area contributed by atoms with E-state index in [9.17, 15) is 14.3 Å². The number of fused-ring (bicyclic) bond motifs is 4. The first kappa shape index (κ1) is 33.6. The van der Waals surface area contributed by atoms with Crippen LogP contribution in [0.4, 0.5) is 10.3 Å². The summed E-state index contributed by atoms with van der Waals surface area (Å²) in [5, 5.41) is 16.4. The Morgan fingerprint density at radius 1 is 1.15 bits per heavy atom. The monoisotopic (exact) mass is 719 g/mol. The first-order valence-corrected chi connectivity index (χ1v) is 18.3. The largest absolute Gasteiger partial charge is 0.508 e. The fourth-order valence-electron chi connectivity index (χ4n) is 8.33. The molecule has 1 amide bonds. The van der Waals surface area contributed by atoms with E-state index in [1.807, 2.05) is 15.3 Å². The normalized spacial score (nSPS) is 20.7. The summed E-state index contributed by atoms with van der Waals surface area (Å²) in [6.07, 6.45) is 10.4. The first-order chi connectivity index (χ1) is 25.7. The van der Waals surface area contributed by atoms with Gasteiger partial charge in [0.15, 0.2) is 16.9 Å². The predicted molar refractivity (Wildman–Crippen MR) is 195 cm³/mol. The van der Waals surface area contributed by atoms with Crippen LogP contribution in [0.25, 0.3) is 21.9 Å². The van der Waals surface area contributed by atoms with E-state index in [-0.39, 0.29) is 29.2 Å². The van der Waals surface area contributed by atoms with Crippen LogP contribution in [0.1, 0.15) is 46.6 Å². The lowest BCUT2D eigenvalue weighted by atomic mass is 9.98. The summed E-state index contributed by atoms with van der Waals surface area (Å²) in [5.41, 5.74) is 3.17. The number of amides is 1. The van der Waals surface area contributed by atoms with Crippen LogP contribution >= 0.6 is 0 Å². The van der Waals surface area contributed by atoms with Gasteiger partial charge in [0.1, 0.15) is 11.6 Å². The number of hydrogen-bond acceptors (Lipinski definition) is 10. The molecule has 0 bridgehead atoms. The highest BCUT2D eigenvalue weighted by molar-refractivity contribution is 5.93. The molecule has 0 radical (unpaired) electrons. The Labute approximate surface area is 306 Å². The van der Waals surface area contributed by atoms with Crippen LogP contribution in [0.15, 0.2) is 36.7 Å². The molecule has 274 valence electrons. The number of terminal acetylenes is 1. The van der Waals surface area contributed by atoms with Gasteiger partial charge in [-0.15, -0.1) is 6.42 Å². The van der Waals surface area contributed by atoms with Crippen molar-refractivity contribution in [3.8, 4) is 24.0 Å². The van der Waals surface area contributed by atoms with Crippen LogP contribution in [0.5, 0.6) is 11.6 Å². The minimum atomic E-state index is -0.502. The molecule has 2 atom stereocenters. The number of ether oxygens (including phenoxy) is 2. The number of rotatable bonds is 9. The molecule has 1 aliphatic carbocycles. The molecule has 2 unspecified atom stereocenters. The molecule has 6 heterocycles. The van der Waals surface area contributed by atoms with Crippen LogP contribution < -0.4 is 9.64 Å². The number of likely N-dealkylation sites (tertiary alicyclic amines) is 1. The molecule has 13 nitrogen and oxygen atoms in total. The molecule has 53 heavy (non-hydrogen) atoms. The molecule has 0 spiro atoms. The average Bonchev–Trinajstić information content (AvgIpc) is 3.41. The maximum Gasteiger partial charge on any atom is 0.273 e. The number of carbonyl (C=O) groups is 1. The van der Waals surface area contributed by atoms with Gasteiger partial charge >= 0.3 is 0 Å². The number of phenols is 1. The SMILES string of the molecule is C#Cc1c(F)ccc2cc(O)cc(Cn3cnc4c(OCC5(CN6CC7COCC7C6)CC5)nc(N5CCCn6nc(C(=O)N(C)C)cc6C5)nc43)c12. The Morgan fingerprint density at radius 3 is 2.72 bits per heavy atom. The second-order valence-electron chi connectivity index (χ2n) is 15.4. The highest BCUT2D eigenvalue weighted by atomic mass is 19.1. The van der Waals surface area contributed by atoms with Crippen LogP contribution in [-0.2, 0) is 24.4 Å². The molecule has 14 heteroatoms. The molecule has 3 aromatic heterocycles. The van der Waals surface area contributed by atoms with Crippen LogP contribution in [0.2, 0.25) is 0 Å². The van der Waals surface area contributed by atoms with Crippen molar-refractivity contribution in [2.24, 2.45) is 17.3 Å². The van der Waals surface area contributed by atoms with Gasteiger partial charge < -0.3 is 33.8 Å². The molecular weight excluding hydrogens is 677 g/mol. The molecular formula is C39H42FN9O4. The van der Waals surface area contributed by atoms with Crippen LogP contribution in [-0.4, -0.2) is 110 Å². The molecule has 3 aliphatic heterocycles. The molecule has 9 rings (SSSR count). The third-order valence-electron chi connectivity index (χ3n) is 11.3. The average molecular weight is 720 g/mol. The number of nitrogens with zero attached hydrogens (tertiary/aromatic N) is 9. The van der Waals surface area contributed by atoms with Gasteiger partial charge in [-0.1, -0.05) is 12.0 Å². The Hall–Kier alpha value is -5.26. The standard InChI is InChI=1S/C39H42FN9O4/c1-4-30-31(40)7-6-24-12-29(50)13-25(33(24)30)17-48-23-41-34-35(48)42-38(47-10-5-11-49-28(18-47)14-32(44-49)37(51)45(2)3)43-36(34)53-22-39(8-9-39)21-46-15-26-19-52-20-27(26)16-46/h1,6-7,12-14,23,26-27,50H,5,8-11,15-22H2,2-3H3. The van der Waals surface area contributed by atoms with E-state index >= 15 is 0 Å². The van der Waals surface area contributed by atoms with E-state index < -0.39 is 5.82 Å². The Balaban J connectivity index is 1.07. The number of benzene rings is 2. The quantitative estimate of drug-likeness (QED) is 0.224. The van der Waals surface area contributed by atoms with Gasteiger partial charge in [-0.25, -0.2) is 9.37 Å². The number of aryl methyl sites for hydroxylation is 1. The van der Waals surface area contributed by atoms with E-state index in [2.05, 4.69) is 20.8 Å². The molecule has 1 saturated carbocycles. The van der Waals surface area contributed by atoms with Crippen molar-refractivity contribution in [1.82, 2.24) is 39.1 Å². The van der Waals surface area contributed by atoms with Crippen molar-refractivity contribution >= 4 is 33.8 Å². The number of hydrogen-bond donors (Lipinski definition) is 1. The lowest BCUT2D eigenvalue weighted by molar-refractivity contribution is 0.0821. The summed E-state index contributed by atoms with van der Waals surface area (Å²) in [5.74, 6) is 4.01. The minimum Gasteiger partial charge on any atom is -0.508 e. The van der Waals surface area contributed by atoms with Crippen LogP contribution in [0.3, 0.4) is 0 Å². The van der Waals surface area contributed by atoms with Crippen molar-refractivity contribution in [2.75, 3.05) is 65.0 Å². The molecule has 1 N–H and O–H groups in total. The van der Waals surface area contributed by atoms with E-state index in [4.69, 9.17) is 30.8 Å². The first-order valence-electron chi connectivity index (χ1n) is 18.3. The van der Waals surface area contributed by atoms with Gasteiger partial charge in [-0.2, -0.15) is 15.1 Å². The number of aromatic hydroxyl groups is 1. The molecule has 4 aliphatic rings. The summed E-state index contributed by atoms with van der Waals surface area (Å²) in [4.78, 5) is 33.8. The number of phenolic OH excluding ortho intramolecular Hbond substituents is 1. The smallest absolute Gasteiger partial charge is 0.273 e. The van der Waals surface area contributed by atoms with Crippen molar-refractivity contribution in [3.63, 3.8) is 0 Å². The number of carbonyl (C=O) groups excluding carboxylic acids is 1. The minimum absolute atomic E-state index is 0.0445. The summed E-state index contributed by atoms with van der Waals surface area (Å²) < 4.78 is 31.1. The van der Waals surface area contributed by atoms with Crippen molar-refractivity contribution in [2.45, 2.75) is 38.9 Å². The highest BCUT2D eigenvalue weighted by Crippen LogP contribution is 2.48. The van der Waals surface area contributed by atoms with E-state index in [1.54, 1.807) is 38.6 Å². The van der Waals surface area contributed by atoms with E-state index in [0.717, 1.165) is 57.8 Å². The third-order valence-corrected chi connectivity index (χ3v) is 11.3. The summed E-state index contributed by atoms with van der Waals surface area (Å²) >= 11 is 0. The third kappa shape index (κ3) is 6.21. The molecule has 3 fully saturated rings. The second kappa shape index (κ2) is 13.0. The fraction of sp³-hybridized carbons (Fsp3) is 0.462. The summed E-state index contributed by atoms with van der Waals surface area (Å²) in [7, 11) is 3.43.